The number of rotatable bonds is 4. The summed E-state index contributed by atoms with van der Waals surface area (Å²) in [6, 6.07) is 20.5. The summed E-state index contributed by atoms with van der Waals surface area (Å²) >= 11 is 1.61. The molecule has 3 radical (unpaired) electrons. The van der Waals surface area contributed by atoms with Crippen molar-refractivity contribution in [2.75, 3.05) is 0 Å². The molecule has 0 atom stereocenters. The van der Waals surface area contributed by atoms with Crippen molar-refractivity contribution in [2.24, 2.45) is 0 Å². The second kappa shape index (κ2) is 5.62. The van der Waals surface area contributed by atoms with Gasteiger partial charge >= 0.3 is 0 Å². The van der Waals surface area contributed by atoms with Gasteiger partial charge in [0.25, 0.3) is 0 Å². The third-order valence-corrected chi connectivity index (χ3v) is 2.69. The summed E-state index contributed by atoms with van der Waals surface area (Å²) in [6.07, 6.45) is 2.00. The van der Waals surface area contributed by atoms with Crippen molar-refractivity contribution in [3.63, 3.8) is 0 Å². The molecule has 0 bridgehead atoms. The van der Waals surface area contributed by atoms with Gasteiger partial charge < -0.3 is 0 Å². The molecule has 0 saturated carbocycles. The van der Waals surface area contributed by atoms with Gasteiger partial charge in [0.1, 0.15) is 0 Å². The SMILES string of the molecule is [C]([CH]c1ccccc1)Sc1ccccc1. The maximum atomic E-state index is 3.21. The van der Waals surface area contributed by atoms with Crippen LogP contribution in [0.3, 0.4) is 0 Å². The zero-order valence-corrected chi connectivity index (χ0v) is 9.08. The lowest BCUT2D eigenvalue weighted by Gasteiger charge is -1.99. The molecule has 1 heteroatoms. The van der Waals surface area contributed by atoms with Crippen LogP contribution in [-0.2, 0) is 0 Å². The van der Waals surface area contributed by atoms with Gasteiger partial charge in [0.15, 0.2) is 0 Å². The molecule has 2 aromatic rings. The molecule has 0 spiro atoms. The molecule has 2 aromatic carbocycles. The zero-order chi connectivity index (χ0) is 10.3. The highest BCUT2D eigenvalue weighted by atomic mass is 32.2. The third kappa shape index (κ3) is 3.45. The molecule has 0 aliphatic rings. The lowest BCUT2D eigenvalue weighted by molar-refractivity contribution is 1.45. The molecule has 0 fully saturated rings. The standard InChI is InChI=1S/C14H11S/c1-3-7-13(8-4-1)11-12-15-14-9-5-2-6-10-14/h1-11H. The molecule has 0 aliphatic heterocycles. The molecule has 0 unspecified atom stereocenters. The van der Waals surface area contributed by atoms with E-state index in [0.29, 0.717) is 0 Å². The quantitative estimate of drug-likeness (QED) is 0.687. The Hall–Kier alpha value is -1.21. The number of hydrogen-bond donors (Lipinski definition) is 0. The molecule has 0 heterocycles. The average molecular weight is 211 g/mol. The predicted octanol–water partition coefficient (Wildman–Crippen LogP) is 4.07. The lowest BCUT2D eigenvalue weighted by atomic mass is 10.2. The van der Waals surface area contributed by atoms with Crippen LogP contribution in [-0.4, -0.2) is 0 Å². The Bertz CT molecular complexity index is 341. The molecular formula is C14H11S. The van der Waals surface area contributed by atoms with Gasteiger partial charge in [-0.15, -0.1) is 11.8 Å². The predicted molar refractivity (Wildman–Crippen MR) is 65.4 cm³/mol. The Morgan fingerprint density at radius 3 is 2.07 bits per heavy atom. The van der Waals surface area contributed by atoms with Crippen molar-refractivity contribution >= 4 is 11.8 Å². The Labute approximate surface area is 95.3 Å². The van der Waals surface area contributed by atoms with Crippen LogP contribution in [0.4, 0.5) is 0 Å². The fourth-order valence-corrected chi connectivity index (χ4v) is 1.83. The van der Waals surface area contributed by atoms with Gasteiger partial charge in [-0.3, -0.25) is 0 Å². The van der Waals surface area contributed by atoms with Crippen LogP contribution in [0.1, 0.15) is 5.56 Å². The average Bonchev–Trinajstić information content (AvgIpc) is 2.32. The fourth-order valence-electron chi connectivity index (χ4n) is 1.20. The van der Waals surface area contributed by atoms with E-state index in [1.807, 2.05) is 42.8 Å². The van der Waals surface area contributed by atoms with E-state index in [1.54, 1.807) is 11.8 Å². The monoisotopic (exact) mass is 211 g/mol. The summed E-state index contributed by atoms with van der Waals surface area (Å²) < 4.78 is 0. The topological polar surface area (TPSA) is 0 Å². The maximum Gasteiger partial charge on any atom is 0.0622 e. The molecule has 73 valence electrons. The van der Waals surface area contributed by atoms with Crippen LogP contribution in [0.2, 0.25) is 0 Å². The van der Waals surface area contributed by atoms with E-state index >= 15 is 0 Å². The first-order valence-electron chi connectivity index (χ1n) is 4.81. The normalized spacial score (nSPS) is 10.1. The van der Waals surface area contributed by atoms with Crippen LogP contribution < -0.4 is 0 Å². The van der Waals surface area contributed by atoms with E-state index in [9.17, 15) is 0 Å². The lowest BCUT2D eigenvalue weighted by Crippen LogP contribution is -1.78. The van der Waals surface area contributed by atoms with Crippen molar-refractivity contribution in [2.45, 2.75) is 4.90 Å². The molecule has 0 aromatic heterocycles. The van der Waals surface area contributed by atoms with Gasteiger partial charge in [-0.25, -0.2) is 0 Å². The number of hydrogen-bond acceptors (Lipinski definition) is 1. The van der Waals surface area contributed by atoms with Gasteiger partial charge in [-0.1, -0.05) is 48.5 Å². The summed E-state index contributed by atoms with van der Waals surface area (Å²) in [4.78, 5) is 1.21. The number of thioether (sulfide) groups is 1. The molecule has 0 saturated heterocycles. The van der Waals surface area contributed by atoms with E-state index in [2.05, 4.69) is 30.0 Å². The van der Waals surface area contributed by atoms with E-state index < -0.39 is 0 Å². The minimum absolute atomic E-state index is 1.18. The first-order valence-corrected chi connectivity index (χ1v) is 5.62. The summed E-state index contributed by atoms with van der Waals surface area (Å²) in [7, 11) is 0. The highest BCUT2D eigenvalue weighted by Gasteiger charge is 1.95. The molecule has 0 aliphatic carbocycles. The van der Waals surface area contributed by atoms with E-state index in [1.165, 1.54) is 10.5 Å². The van der Waals surface area contributed by atoms with Crippen LogP contribution >= 0.6 is 11.8 Å². The minimum Gasteiger partial charge on any atom is -0.116 e. The summed E-state index contributed by atoms with van der Waals surface area (Å²) in [6.45, 7) is 0. The first-order chi connectivity index (χ1) is 7.45. The Kier molecular flexibility index (Phi) is 3.86. The third-order valence-electron chi connectivity index (χ3n) is 1.95. The van der Waals surface area contributed by atoms with Gasteiger partial charge in [0, 0.05) is 11.3 Å². The largest absolute Gasteiger partial charge is 0.116 e. The van der Waals surface area contributed by atoms with Crippen molar-refractivity contribution in [3.8, 4) is 0 Å². The Morgan fingerprint density at radius 1 is 0.800 bits per heavy atom. The molecule has 2 rings (SSSR count). The van der Waals surface area contributed by atoms with Crippen LogP contribution in [0.25, 0.3) is 0 Å². The zero-order valence-electron chi connectivity index (χ0n) is 8.26. The molecule has 15 heavy (non-hydrogen) atoms. The Balaban J connectivity index is 1.81. The number of benzene rings is 2. The van der Waals surface area contributed by atoms with E-state index in [0.717, 1.165) is 0 Å². The summed E-state index contributed by atoms with van der Waals surface area (Å²) in [5, 5.41) is 0. The Morgan fingerprint density at radius 2 is 1.40 bits per heavy atom. The minimum atomic E-state index is 1.18. The second-order valence-electron chi connectivity index (χ2n) is 3.09. The summed E-state index contributed by atoms with van der Waals surface area (Å²) in [5.41, 5.74) is 1.18. The maximum absolute atomic E-state index is 3.21. The van der Waals surface area contributed by atoms with Gasteiger partial charge in [-0.05, 0) is 17.7 Å². The van der Waals surface area contributed by atoms with Crippen LogP contribution in [0, 0.1) is 12.2 Å². The van der Waals surface area contributed by atoms with Crippen molar-refractivity contribution in [1.82, 2.24) is 0 Å². The van der Waals surface area contributed by atoms with E-state index in [4.69, 9.17) is 0 Å². The highest BCUT2D eigenvalue weighted by Crippen LogP contribution is 2.22. The van der Waals surface area contributed by atoms with E-state index in [-0.39, 0.29) is 0 Å². The van der Waals surface area contributed by atoms with Crippen molar-refractivity contribution in [1.29, 1.82) is 0 Å². The van der Waals surface area contributed by atoms with Gasteiger partial charge in [0.2, 0.25) is 0 Å². The van der Waals surface area contributed by atoms with Crippen LogP contribution in [0.15, 0.2) is 65.6 Å². The molecule has 0 amide bonds. The van der Waals surface area contributed by atoms with Gasteiger partial charge in [-0.2, -0.15) is 0 Å². The first kappa shape index (κ1) is 10.3. The van der Waals surface area contributed by atoms with Crippen LogP contribution in [0.5, 0.6) is 0 Å². The van der Waals surface area contributed by atoms with Crippen molar-refractivity contribution in [3.05, 3.63) is 78.4 Å². The molecule has 0 nitrogen and oxygen atoms in total. The fraction of sp³-hybridized carbons (Fsp3) is 0. The molecule has 0 N–H and O–H groups in total. The molecular weight excluding hydrogens is 200 g/mol. The van der Waals surface area contributed by atoms with Gasteiger partial charge in [0.05, 0.1) is 5.75 Å². The smallest absolute Gasteiger partial charge is 0.0622 e. The highest BCUT2D eigenvalue weighted by molar-refractivity contribution is 8.01. The summed E-state index contributed by atoms with van der Waals surface area (Å²) in [5.74, 6) is 3.21. The van der Waals surface area contributed by atoms with Crippen molar-refractivity contribution < 1.29 is 0 Å². The second-order valence-corrected chi connectivity index (χ2v) is 4.00.